The summed E-state index contributed by atoms with van der Waals surface area (Å²) in [6.07, 6.45) is 0. The lowest BCUT2D eigenvalue weighted by molar-refractivity contribution is 0.602. The number of nitrogens with zero attached hydrogens (tertiary/aromatic N) is 2. The van der Waals surface area contributed by atoms with Crippen LogP contribution in [-0.4, -0.2) is 8.42 Å². The summed E-state index contributed by atoms with van der Waals surface area (Å²) in [6.45, 7) is 0. The molecule has 5 nitrogen and oxygen atoms in total. The van der Waals surface area contributed by atoms with Gasteiger partial charge in [-0.25, -0.2) is 8.42 Å². The molecule has 0 saturated heterocycles. The first kappa shape index (κ1) is 17.9. The minimum Gasteiger partial charge on any atom is -0.280 e. The number of fused-ring (bicyclic) bond motifs is 1. The molecule has 0 spiro atoms. The second kappa shape index (κ2) is 7.62. The minimum atomic E-state index is -3.71. The maximum Gasteiger partial charge on any atom is 0.262 e. The van der Waals surface area contributed by atoms with Gasteiger partial charge in [0, 0.05) is 11.1 Å². The Balaban J connectivity index is 1.56. The average molecular weight is 387 g/mol. The van der Waals surface area contributed by atoms with Gasteiger partial charge in [-0.1, -0.05) is 54.6 Å². The molecule has 0 radical (unpaired) electrons. The van der Waals surface area contributed by atoms with Crippen LogP contribution in [0, 0.1) is 0 Å². The maximum atomic E-state index is 12.9. The molecular weight excluding hydrogens is 370 g/mol. The fraction of sp³-hybridized carbons (Fsp3) is 0. The van der Waals surface area contributed by atoms with Gasteiger partial charge in [-0.05, 0) is 47.9 Å². The van der Waals surface area contributed by atoms with Gasteiger partial charge in [-0.3, -0.25) is 4.72 Å². The van der Waals surface area contributed by atoms with Gasteiger partial charge in [0.1, 0.15) is 0 Å². The zero-order valence-corrected chi connectivity index (χ0v) is 15.7. The lowest BCUT2D eigenvalue weighted by atomic mass is 10.1. The van der Waals surface area contributed by atoms with E-state index in [0.717, 1.165) is 11.1 Å². The standard InChI is InChI=1S/C22H17N3O2S/c26-28(27,22-12-6-8-17-7-4-5-11-21(17)22)25-20-15-13-19(14-16-20)24-23-18-9-2-1-3-10-18/h1-16,25H. The molecule has 28 heavy (non-hydrogen) atoms. The Morgan fingerprint density at radius 2 is 1.21 bits per heavy atom. The number of azo groups is 1. The maximum absolute atomic E-state index is 12.9. The lowest BCUT2D eigenvalue weighted by Gasteiger charge is -2.10. The molecule has 0 aliphatic rings. The van der Waals surface area contributed by atoms with Crippen LogP contribution in [0.2, 0.25) is 0 Å². The van der Waals surface area contributed by atoms with Crippen LogP contribution in [0.25, 0.3) is 10.8 Å². The Morgan fingerprint density at radius 3 is 1.96 bits per heavy atom. The molecule has 0 fully saturated rings. The molecule has 0 heterocycles. The Labute approximate surface area is 163 Å². The molecule has 0 bridgehead atoms. The molecule has 0 unspecified atom stereocenters. The average Bonchev–Trinajstić information content (AvgIpc) is 2.73. The van der Waals surface area contributed by atoms with Crippen LogP contribution in [-0.2, 0) is 10.0 Å². The van der Waals surface area contributed by atoms with Gasteiger partial charge < -0.3 is 0 Å². The number of sulfonamides is 1. The number of hydrogen-bond acceptors (Lipinski definition) is 4. The largest absolute Gasteiger partial charge is 0.280 e. The molecule has 0 saturated carbocycles. The third-order valence-corrected chi connectivity index (χ3v) is 5.64. The van der Waals surface area contributed by atoms with Crippen molar-refractivity contribution in [2.75, 3.05) is 4.72 Å². The summed E-state index contributed by atoms with van der Waals surface area (Å²) in [4.78, 5) is 0.249. The monoisotopic (exact) mass is 387 g/mol. The van der Waals surface area contributed by atoms with Crippen LogP contribution in [0.5, 0.6) is 0 Å². The molecule has 6 heteroatoms. The molecule has 0 aliphatic heterocycles. The van der Waals surface area contributed by atoms with Crippen molar-refractivity contribution in [1.82, 2.24) is 0 Å². The predicted octanol–water partition coefficient (Wildman–Crippen LogP) is 6.06. The number of nitrogens with one attached hydrogen (secondary N) is 1. The molecule has 0 atom stereocenters. The Kier molecular flexibility index (Phi) is 4.87. The van der Waals surface area contributed by atoms with E-state index in [2.05, 4.69) is 15.0 Å². The van der Waals surface area contributed by atoms with Gasteiger partial charge >= 0.3 is 0 Å². The first-order valence-corrected chi connectivity index (χ1v) is 10.2. The van der Waals surface area contributed by atoms with E-state index < -0.39 is 10.0 Å². The van der Waals surface area contributed by atoms with Crippen LogP contribution in [0.1, 0.15) is 0 Å². The highest BCUT2D eigenvalue weighted by atomic mass is 32.2. The highest BCUT2D eigenvalue weighted by Gasteiger charge is 2.17. The zero-order valence-electron chi connectivity index (χ0n) is 14.9. The normalized spacial score (nSPS) is 11.7. The van der Waals surface area contributed by atoms with E-state index >= 15 is 0 Å². The second-order valence-electron chi connectivity index (χ2n) is 6.17. The van der Waals surface area contributed by atoms with Gasteiger partial charge in [0.25, 0.3) is 10.0 Å². The quantitative estimate of drug-likeness (QED) is 0.423. The minimum absolute atomic E-state index is 0.249. The van der Waals surface area contributed by atoms with E-state index in [4.69, 9.17) is 0 Å². The van der Waals surface area contributed by atoms with Gasteiger partial charge in [-0.2, -0.15) is 10.2 Å². The molecule has 4 aromatic carbocycles. The molecule has 1 N–H and O–H groups in total. The molecule has 4 aromatic rings. The fourth-order valence-corrected chi connectivity index (χ4v) is 4.14. The lowest BCUT2D eigenvalue weighted by Crippen LogP contribution is -2.13. The first-order chi connectivity index (χ1) is 13.6. The predicted molar refractivity (Wildman–Crippen MR) is 112 cm³/mol. The molecular formula is C22H17N3O2S. The summed E-state index contributed by atoms with van der Waals surface area (Å²) in [6, 6.07) is 28.8. The molecule has 4 rings (SSSR count). The van der Waals surface area contributed by atoms with Crippen molar-refractivity contribution in [2.45, 2.75) is 4.90 Å². The SMILES string of the molecule is O=S(=O)(Nc1ccc(N=Nc2ccccc2)cc1)c1cccc2ccccc12. The van der Waals surface area contributed by atoms with Gasteiger partial charge in [0.05, 0.1) is 16.3 Å². The van der Waals surface area contributed by atoms with E-state index in [0.29, 0.717) is 16.8 Å². The van der Waals surface area contributed by atoms with E-state index in [1.807, 2.05) is 54.6 Å². The van der Waals surface area contributed by atoms with Crippen LogP contribution >= 0.6 is 0 Å². The molecule has 0 aliphatic carbocycles. The van der Waals surface area contributed by atoms with E-state index in [-0.39, 0.29) is 4.90 Å². The van der Waals surface area contributed by atoms with Crippen LogP contribution < -0.4 is 4.72 Å². The van der Waals surface area contributed by atoms with E-state index in [1.54, 1.807) is 42.5 Å². The van der Waals surface area contributed by atoms with Gasteiger partial charge in [-0.15, -0.1) is 0 Å². The summed E-state index contributed by atoms with van der Waals surface area (Å²) in [5.74, 6) is 0. The topological polar surface area (TPSA) is 70.9 Å². The van der Waals surface area contributed by atoms with Crippen LogP contribution in [0.3, 0.4) is 0 Å². The fourth-order valence-electron chi connectivity index (χ4n) is 2.85. The molecule has 0 aromatic heterocycles. The van der Waals surface area contributed by atoms with Crippen molar-refractivity contribution in [3.05, 3.63) is 97.1 Å². The number of hydrogen-bond donors (Lipinski definition) is 1. The smallest absolute Gasteiger partial charge is 0.262 e. The van der Waals surface area contributed by atoms with Crippen LogP contribution in [0.4, 0.5) is 17.1 Å². The zero-order chi connectivity index (χ0) is 19.4. The number of rotatable bonds is 5. The van der Waals surface area contributed by atoms with Crippen molar-refractivity contribution in [1.29, 1.82) is 0 Å². The Hall–Kier alpha value is -3.51. The van der Waals surface area contributed by atoms with E-state index in [1.165, 1.54) is 0 Å². The van der Waals surface area contributed by atoms with Crippen molar-refractivity contribution in [3.63, 3.8) is 0 Å². The third kappa shape index (κ3) is 3.92. The highest BCUT2D eigenvalue weighted by Crippen LogP contribution is 2.26. The number of benzene rings is 4. The van der Waals surface area contributed by atoms with Crippen molar-refractivity contribution in [2.24, 2.45) is 10.2 Å². The van der Waals surface area contributed by atoms with Crippen LogP contribution in [0.15, 0.2) is 112 Å². The highest BCUT2D eigenvalue weighted by molar-refractivity contribution is 7.93. The first-order valence-electron chi connectivity index (χ1n) is 8.69. The summed E-state index contributed by atoms with van der Waals surface area (Å²) >= 11 is 0. The Bertz CT molecular complexity index is 1230. The van der Waals surface area contributed by atoms with Gasteiger partial charge in [0.2, 0.25) is 0 Å². The summed E-state index contributed by atoms with van der Waals surface area (Å²) in [5, 5.41) is 9.87. The molecule has 0 amide bonds. The summed E-state index contributed by atoms with van der Waals surface area (Å²) in [7, 11) is -3.71. The Morgan fingerprint density at radius 1 is 0.607 bits per heavy atom. The van der Waals surface area contributed by atoms with Gasteiger partial charge in [0.15, 0.2) is 0 Å². The summed E-state index contributed by atoms with van der Waals surface area (Å²) < 4.78 is 28.3. The van der Waals surface area contributed by atoms with Crippen molar-refractivity contribution < 1.29 is 8.42 Å². The molecule has 138 valence electrons. The van der Waals surface area contributed by atoms with E-state index in [9.17, 15) is 8.42 Å². The summed E-state index contributed by atoms with van der Waals surface area (Å²) in [5.41, 5.74) is 1.85. The second-order valence-corrected chi connectivity index (χ2v) is 7.82. The van der Waals surface area contributed by atoms with Crippen molar-refractivity contribution >= 4 is 37.9 Å². The number of anilines is 1. The van der Waals surface area contributed by atoms with Crippen molar-refractivity contribution in [3.8, 4) is 0 Å². The third-order valence-electron chi connectivity index (χ3n) is 4.20.